The van der Waals surface area contributed by atoms with Gasteiger partial charge in [0.25, 0.3) is 0 Å². The van der Waals surface area contributed by atoms with E-state index in [1.165, 1.54) is 22.7 Å². The maximum absolute atomic E-state index is 12.4. The number of aromatic amines is 1. The fraction of sp³-hybridized carbons (Fsp3) is 0.556. The van der Waals surface area contributed by atoms with E-state index in [0.717, 1.165) is 0 Å². The minimum atomic E-state index is -1.13. The molecular weight excluding hydrogens is 386 g/mol. The normalized spacial score (nSPS) is 33.2. The number of nitrogens with one attached hydrogen (secondary N) is 2. The van der Waals surface area contributed by atoms with Crippen molar-refractivity contribution in [3.05, 3.63) is 22.2 Å². The van der Waals surface area contributed by atoms with Gasteiger partial charge < -0.3 is 30.6 Å². The number of amides is 1. The van der Waals surface area contributed by atoms with Gasteiger partial charge in [-0.25, -0.2) is 4.79 Å². The smallest absolute Gasteiger partial charge is 0.353 e. The van der Waals surface area contributed by atoms with Gasteiger partial charge in [0.15, 0.2) is 11.8 Å². The number of aromatic nitrogens is 1. The number of fused-ring (bicyclic) bond motifs is 1. The standard InChI is InChI=1S/C18H23N3O6S/c1-6-13-12(7(2)22)17(25)21(13)14(18(26)27)15(6)28-8-3-10(19-5-8)9-4-11(23)20-16(9)24/h4,6-8,10,12-13,19-20,22-24H,3,5H2,1-2H3,(H,26,27)/t6-,7-,8+,10+,12-,13-/m1/s1. The molecule has 6 N–H and O–H groups in total. The van der Waals surface area contributed by atoms with Crippen molar-refractivity contribution in [1.29, 1.82) is 0 Å². The van der Waals surface area contributed by atoms with E-state index >= 15 is 0 Å². The third-order valence-electron chi connectivity index (χ3n) is 5.88. The third kappa shape index (κ3) is 2.78. The molecule has 0 spiro atoms. The van der Waals surface area contributed by atoms with E-state index in [2.05, 4.69) is 10.3 Å². The number of rotatable bonds is 5. The first-order chi connectivity index (χ1) is 13.2. The average molecular weight is 409 g/mol. The Morgan fingerprint density at radius 1 is 1.39 bits per heavy atom. The molecule has 9 nitrogen and oxygen atoms in total. The largest absolute Gasteiger partial charge is 0.495 e. The second-order valence-electron chi connectivity index (χ2n) is 7.67. The Labute approximate surface area is 165 Å². The van der Waals surface area contributed by atoms with Crippen molar-refractivity contribution in [2.75, 3.05) is 6.54 Å². The minimum Gasteiger partial charge on any atom is -0.495 e. The highest BCUT2D eigenvalue weighted by atomic mass is 32.2. The first kappa shape index (κ1) is 19.2. The van der Waals surface area contributed by atoms with E-state index in [1.807, 2.05) is 6.92 Å². The molecule has 3 aliphatic heterocycles. The van der Waals surface area contributed by atoms with Crippen molar-refractivity contribution < 1.29 is 30.0 Å². The van der Waals surface area contributed by atoms with E-state index in [9.17, 15) is 30.0 Å². The van der Waals surface area contributed by atoms with E-state index < -0.39 is 18.0 Å². The Morgan fingerprint density at radius 3 is 2.68 bits per heavy atom. The van der Waals surface area contributed by atoms with Crippen LogP contribution in [0.1, 0.15) is 31.9 Å². The van der Waals surface area contributed by atoms with Gasteiger partial charge in [-0.1, -0.05) is 6.92 Å². The maximum atomic E-state index is 12.4. The van der Waals surface area contributed by atoms with Crippen molar-refractivity contribution >= 4 is 23.6 Å². The van der Waals surface area contributed by atoms with Gasteiger partial charge in [0.05, 0.1) is 18.1 Å². The molecule has 6 atom stereocenters. The molecule has 0 bridgehead atoms. The highest BCUT2D eigenvalue weighted by molar-refractivity contribution is 8.03. The number of carboxylic acids is 1. The van der Waals surface area contributed by atoms with Crippen LogP contribution in [0, 0.1) is 11.8 Å². The quantitative estimate of drug-likeness (QED) is 0.390. The van der Waals surface area contributed by atoms with E-state index in [0.29, 0.717) is 23.4 Å². The minimum absolute atomic E-state index is 0.0231. The van der Waals surface area contributed by atoms with Gasteiger partial charge in [0.1, 0.15) is 5.70 Å². The molecule has 4 rings (SSSR count). The first-order valence-electron chi connectivity index (χ1n) is 9.20. The summed E-state index contributed by atoms with van der Waals surface area (Å²) in [5.41, 5.74) is 0.593. The van der Waals surface area contributed by atoms with Crippen LogP contribution in [0.5, 0.6) is 11.8 Å². The summed E-state index contributed by atoms with van der Waals surface area (Å²) in [5.74, 6) is -2.42. The number of carbonyl (C=O) groups excluding carboxylic acids is 1. The van der Waals surface area contributed by atoms with E-state index in [4.69, 9.17) is 0 Å². The Hall–Kier alpha value is -2.17. The molecule has 0 saturated carbocycles. The van der Waals surface area contributed by atoms with Gasteiger partial charge >= 0.3 is 5.97 Å². The fourth-order valence-electron chi connectivity index (χ4n) is 4.60. The number of nitrogens with zero attached hydrogens (tertiary/aromatic N) is 1. The second kappa shape index (κ2) is 6.71. The van der Waals surface area contributed by atoms with Gasteiger partial charge in [-0.15, -0.1) is 11.8 Å². The number of hydrogen-bond donors (Lipinski definition) is 6. The molecule has 1 aromatic heterocycles. The van der Waals surface area contributed by atoms with Crippen LogP contribution in [0.25, 0.3) is 0 Å². The summed E-state index contributed by atoms with van der Waals surface area (Å²) in [7, 11) is 0. The number of thioether (sulfide) groups is 1. The molecule has 1 amide bonds. The lowest BCUT2D eigenvalue weighted by Gasteiger charge is -2.46. The summed E-state index contributed by atoms with van der Waals surface area (Å²) in [4.78, 5) is 28.7. The molecule has 0 radical (unpaired) electrons. The number of aliphatic carboxylic acids is 1. The predicted octanol–water partition coefficient (Wildman–Crippen LogP) is 0.716. The molecular formula is C18H23N3O6S. The van der Waals surface area contributed by atoms with Crippen LogP contribution in [0.15, 0.2) is 16.7 Å². The van der Waals surface area contributed by atoms with Crippen molar-refractivity contribution in [2.24, 2.45) is 11.8 Å². The zero-order valence-corrected chi connectivity index (χ0v) is 16.2. The fourth-order valence-corrected chi connectivity index (χ4v) is 6.08. The third-order valence-corrected chi connectivity index (χ3v) is 7.39. The van der Waals surface area contributed by atoms with Crippen LogP contribution in [0.3, 0.4) is 0 Å². The lowest BCUT2D eigenvalue weighted by molar-refractivity contribution is -0.163. The number of aliphatic hydroxyl groups excluding tert-OH is 1. The molecule has 1 aromatic rings. The maximum Gasteiger partial charge on any atom is 0.353 e. The summed E-state index contributed by atoms with van der Waals surface area (Å²) in [5, 5.41) is 42.3. The van der Waals surface area contributed by atoms with E-state index in [-0.39, 0.29) is 46.6 Å². The predicted molar refractivity (Wildman–Crippen MR) is 100 cm³/mol. The molecule has 0 aromatic carbocycles. The lowest BCUT2D eigenvalue weighted by atomic mass is 9.79. The SMILES string of the molecule is C[C@@H](O)[C@H]1C(=O)N2C(C(=O)O)=C(S[C@@H]3CN[C@H](c4cc(O)[nH]c4O)C3)[C@H](C)[C@H]12. The number of carbonyl (C=O) groups is 2. The highest BCUT2D eigenvalue weighted by Gasteiger charge is 2.60. The summed E-state index contributed by atoms with van der Waals surface area (Å²) in [6, 6.07) is 0.985. The summed E-state index contributed by atoms with van der Waals surface area (Å²) in [6.07, 6.45) is -0.186. The van der Waals surface area contributed by atoms with Crippen LogP contribution in [-0.4, -0.2) is 66.1 Å². The number of β-lactam (4-membered cyclic amide) rings is 1. The molecule has 10 heteroatoms. The Kier molecular flexibility index (Phi) is 4.59. The van der Waals surface area contributed by atoms with Crippen LogP contribution in [-0.2, 0) is 9.59 Å². The Balaban J connectivity index is 1.54. The van der Waals surface area contributed by atoms with Gasteiger partial charge in [-0.3, -0.25) is 9.78 Å². The topological polar surface area (TPSA) is 146 Å². The Bertz CT molecular complexity index is 866. The van der Waals surface area contributed by atoms with Gasteiger partial charge in [0, 0.05) is 40.3 Å². The highest BCUT2D eigenvalue weighted by Crippen LogP contribution is 2.52. The van der Waals surface area contributed by atoms with Crippen LogP contribution >= 0.6 is 11.8 Å². The van der Waals surface area contributed by atoms with Crippen molar-refractivity contribution in [2.45, 2.75) is 43.7 Å². The summed E-state index contributed by atoms with van der Waals surface area (Å²) < 4.78 is 0. The summed E-state index contributed by atoms with van der Waals surface area (Å²) in [6.45, 7) is 4.05. The second-order valence-corrected chi connectivity index (χ2v) is 9.01. The van der Waals surface area contributed by atoms with Crippen LogP contribution in [0.4, 0.5) is 0 Å². The lowest BCUT2D eigenvalue weighted by Crippen LogP contribution is -2.63. The number of H-pyrrole nitrogens is 1. The number of aliphatic hydroxyl groups is 1. The summed E-state index contributed by atoms with van der Waals surface area (Å²) >= 11 is 1.44. The molecule has 0 aliphatic carbocycles. The molecule has 4 heterocycles. The van der Waals surface area contributed by atoms with Gasteiger partial charge in [0.2, 0.25) is 5.91 Å². The Morgan fingerprint density at radius 2 is 2.11 bits per heavy atom. The number of carboxylic acid groups (broad SMARTS) is 1. The zero-order chi connectivity index (χ0) is 20.3. The van der Waals surface area contributed by atoms with Crippen molar-refractivity contribution in [3.63, 3.8) is 0 Å². The molecule has 2 fully saturated rings. The van der Waals surface area contributed by atoms with Crippen LogP contribution < -0.4 is 5.32 Å². The van der Waals surface area contributed by atoms with Crippen LogP contribution in [0.2, 0.25) is 0 Å². The van der Waals surface area contributed by atoms with Crippen molar-refractivity contribution in [1.82, 2.24) is 15.2 Å². The average Bonchev–Trinajstić information content (AvgIpc) is 3.25. The first-order valence-corrected chi connectivity index (χ1v) is 10.1. The number of hydrogen-bond acceptors (Lipinski definition) is 7. The van der Waals surface area contributed by atoms with Crippen molar-refractivity contribution in [3.8, 4) is 11.8 Å². The molecule has 28 heavy (non-hydrogen) atoms. The molecule has 3 aliphatic rings. The van der Waals surface area contributed by atoms with Gasteiger partial charge in [-0.05, 0) is 13.3 Å². The monoisotopic (exact) mass is 409 g/mol. The molecule has 152 valence electrons. The van der Waals surface area contributed by atoms with Gasteiger partial charge in [-0.2, -0.15) is 0 Å². The zero-order valence-electron chi connectivity index (χ0n) is 15.4. The molecule has 2 saturated heterocycles. The number of aromatic hydroxyl groups is 2. The van der Waals surface area contributed by atoms with E-state index in [1.54, 1.807) is 6.92 Å². The molecule has 0 unspecified atom stereocenters.